The number of thiocarbonyl (C=S) groups is 1. The molecule has 132 valence electrons. The van der Waals surface area contributed by atoms with E-state index in [0.29, 0.717) is 23.6 Å². The van der Waals surface area contributed by atoms with Gasteiger partial charge in [0.2, 0.25) is 0 Å². The topological polar surface area (TPSA) is 82.3 Å². The average Bonchev–Trinajstić information content (AvgIpc) is 2.52. The number of benzene rings is 1. The molecule has 0 saturated carbocycles. The van der Waals surface area contributed by atoms with Crippen molar-refractivity contribution in [2.45, 2.75) is 40.2 Å². The Labute approximate surface area is 148 Å². The molecule has 0 bridgehead atoms. The predicted molar refractivity (Wildman–Crippen MR) is 99.4 cm³/mol. The lowest BCUT2D eigenvalue weighted by Crippen LogP contribution is -2.54. The van der Waals surface area contributed by atoms with E-state index >= 15 is 0 Å². The summed E-state index contributed by atoms with van der Waals surface area (Å²) in [7, 11) is 0. The van der Waals surface area contributed by atoms with Gasteiger partial charge in [-0.15, -0.1) is 0 Å². The van der Waals surface area contributed by atoms with Gasteiger partial charge in [-0.3, -0.25) is 20.4 Å². The smallest absolute Gasteiger partial charge is 0.260 e. The molecule has 0 aliphatic carbocycles. The van der Waals surface area contributed by atoms with Crippen LogP contribution in [-0.2, 0) is 4.79 Å². The number of hydrogen-bond acceptors (Lipinski definition) is 3. The van der Waals surface area contributed by atoms with Crippen LogP contribution in [0.2, 0.25) is 0 Å². The quantitative estimate of drug-likeness (QED) is 0.463. The van der Waals surface area contributed by atoms with Crippen molar-refractivity contribution in [3.63, 3.8) is 0 Å². The highest BCUT2D eigenvalue weighted by Crippen LogP contribution is 2.10. The van der Waals surface area contributed by atoms with E-state index in [1.165, 1.54) is 0 Å². The van der Waals surface area contributed by atoms with Gasteiger partial charge in [-0.25, -0.2) is 0 Å². The van der Waals surface area contributed by atoms with Crippen molar-refractivity contribution < 1.29 is 9.59 Å². The van der Waals surface area contributed by atoms with Crippen LogP contribution >= 0.6 is 12.2 Å². The molecule has 0 unspecified atom stereocenters. The molecular weight excluding hydrogens is 324 g/mol. The number of hydrazine groups is 1. The lowest BCUT2D eigenvalue weighted by atomic mass is 10.0. The highest BCUT2D eigenvalue weighted by atomic mass is 32.1. The van der Waals surface area contributed by atoms with Crippen LogP contribution in [0.4, 0.5) is 0 Å². The Bertz CT molecular complexity index is 590. The molecule has 6 nitrogen and oxygen atoms in total. The summed E-state index contributed by atoms with van der Waals surface area (Å²) in [6.45, 7) is 8.41. The van der Waals surface area contributed by atoms with Crippen molar-refractivity contribution in [3.8, 4) is 0 Å². The van der Waals surface area contributed by atoms with E-state index in [2.05, 4.69) is 21.5 Å². The molecule has 1 aromatic rings. The Morgan fingerprint density at radius 3 is 2.42 bits per heavy atom. The Balaban J connectivity index is 2.74. The first-order chi connectivity index (χ1) is 11.3. The second-order valence-corrected chi connectivity index (χ2v) is 6.35. The molecule has 0 fully saturated rings. The zero-order valence-corrected chi connectivity index (χ0v) is 15.4. The number of amides is 2. The van der Waals surface area contributed by atoms with E-state index in [4.69, 9.17) is 12.2 Å². The van der Waals surface area contributed by atoms with Gasteiger partial charge in [0.1, 0.15) is 6.04 Å². The Morgan fingerprint density at radius 2 is 1.83 bits per heavy atom. The predicted octanol–water partition coefficient (Wildman–Crippen LogP) is 1.65. The van der Waals surface area contributed by atoms with Crippen molar-refractivity contribution in [1.82, 2.24) is 21.5 Å². The summed E-state index contributed by atoms with van der Waals surface area (Å²) in [4.78, 5) is 24.8. The van der Waals surface area contributed by atoms with E-state index in [9.17, 15) is 9.59 Å². The number of nitrogens with one attached hydrogen (secondary N) is 4. The maximum atomic E-state index is 12.5. The van der Waals surface area contributed by atoms with Crippen LogP contribution in [0.5, 0.6) is 0 Å². The third kappa shape index (κ3) is 6.54. The molecule has 4 N–H and O–H groups in total. The fourth-order valence-electron chi connectivity index (χ4n) is 2.18. The van der Waals surface area contributed by atoms with Gasteiger partial charge in [-0.05, 0) is 50.0 Å². The van der Waals surface area contributed by atoms with E-state index in [1.807, 2.05) is 39.8 Å². The van der Waals surface area contributed by atoms with Gasteiger partial charge in [-0.1, -0.05) is 32.0 Å². The Kier molecular flexibility index (Phi) is 8.18. The summed E-state index contributed by atoms with van der Waals surface area (Å²) in [5.74, 6) is -0.340. The molecule has 24 heavy (non-hydrogen) atoms. The Hall–Kier alpha value is -2.15. The van der Waals surface area contributed by atoms with Crippen LogP contribution in [0.1, 0.15) is 43.1 Å². The molecule has 0 aliphatic rings. The summed E-state index contributed by atoms with van der Waals surface area (Å²) in [5.41, 5.74) is 6.60. The number of hydrogen-bond donors (Lipinski definition) is 4. The number of rotatable bonds is 6. The molecule has 1 aromatic carbocycles. The van der Waals surface area contributed by atoms with Gasteiger partial charge in [0.25, 0.3) is 11.8 Å². The van der Waals surface area contributed by atoms with Gasteiger partial charge in [0.15, 0.2) is 5.11 Å². The van der Waals surface area contributed by atoms with Crippen molar-refractivity contribution in [1.29, 1.82) is 0 Å². The van der Waals surface area contributed by atoms with E-state index in [0.717, 1.165) is 5.56 Å². The van der Waals surface area contributed by atoms with E-state index < -0.39 is 6.04 Å². The number of carbonyl (C=O) groups is 2. The molecule has 0 saturated heterocycles. The minimum absolute atomic E-state index is 0.249. The second-order valence-electron chi connectivity index (χ2n) is 5.94. The Morgan fingerprint density at radius 1 is 1.17 bits per heavy atom. The fourth-order valence-corrected chi connectivity index (χ4v) is 2.37. The molecule has 0 radical (unpaired) electrons. The molecule has 7 heteroatoms. The lowest BCUT2D eigenvalue weighted by Gasteiger charge is -2.21. The first-order valence-electron chi connectivity index (χ1n) is 8.05. The number of carbonyl (C=O) groups excluding carboxylic acids is 2. The van der Waals surface area contributed by atoms with Crippen molar-refractivity contribution in [2.75, 3.05) is 6.54 Å². The van der Waals surface area contributed by atoms with Crippen molar-refractivity contribution in [2.24, 2.45) is 5.92 Å². The zero-order valence-electron chi connectivity index (χ0n) is 14.6. The molecule has 1 atom stereocenters. The third-order valence-electron chi connectivity index (χ3n) is 3.36. The van der Waals surface area contributed by atoms with E-state index in [1.54, 1.807) is 12.1 Å². The van der Waals surface area contributed by atoms with Gasteiger partial charge >= 0.3 is 0 Å². The molecule has 0 aliphatic heterocycles. The average molecular weight is 350 g/mol. The van der Waals surface area contributed by atoms with Gasteiger partial charge in [-0.2, -0.15) is 0 Å². The lowest BCUT2D eigenvalue weighted by molar-refractivity contribution is -0.123. The summed E-state index contributed by atoms with van der Waals surface area (Å²) in [6, 6.07) is 6.64. The summed E-state index contributed by atoms with van der Waals surface area (Å²) in [5, 5.41) is 6.01. The standard InChI is InChI=1S/C17H26N4O2S/c1-5-18-17(24)21-20-16(23)14(10-11(2)3)19-15(22)13-9-7-6-8-12(13)4/h6-9,11,14H,5,10H2,1-4H3,(H,19,22)(H,20,23)(H2,18,21,24)/t14-/m1/s1. The van der Waals surface area contributed by atoms with Crippen LogP contribution in [-0.4, -0.2) is 29.5 Å². The third-order valence-corrected chi connectivity index (χ3v) is 3.60. The number of aryl methyl sites for hydroxylation is 1. The normalized spacial score (nSPS) is 11.5. The maximum Gasteiger partial charge on any atom is 0.260 e. The summed E-state index contributed by atoms with van der Waals surface area (Å²) >= 11 is 5.00. The van der Waals surface area contributed by atoms with Crippen LogP contribution < -0.4 is 21.5 Å². The highest BCUT2D eigenvalue weighted by Gasteiger charge is 2.23. The molecule has 0 aromatic heterocycles. The molecule has 2 amide bonds. The highest BCUT2D eigenvalue weighted by molar-refractivity contribution is 7.80. The van der Waals surface area contributed by atoms with E-state index in [-0.39, 0.29) is 17.7 Å². The van der Waals surface area contributed by atoms with Crippen LogP contribution in [0.25, 0.3) is 0 Å². The van der Waals surface area contributed by atoms with Gasteiger partial charge in [0.05, 0.1) is 0 Å². The van der Waals surface area contributed by atoms with Gasteiger partial charge < -0.3 is 10.6 Å². The first-order valence-corrected chi connectivity index (χ1v) is 8.46. The maximum absolute atomic E-state index is 12.5. The molecule has 1 rings (SSSR count). The van der Waals surface area contributed by atoms with Crippen LogP contribution in [0.15, 0.2) is 24.3 Å². The van der Waals surface area contributed by atoms with Crippen LogP contribution in [0, 0.1) is 12.8 Å². The van der Waals surface area contributed by atoms with Crippen molar-refractivity contribution >= 4 is 29.1 Å². The molecule has 0 heterocycles. The van der Waals surface area contributed by atoms with Crippen molar-refractivity contribution in [3.05, 3.63) is 35.4 Å². The minimum Gasteiger partial charge on any atom is -0.362 e. The SMILES string of the molecule is CCNC(=S)NNC(=O)[C@@H](CC(C)C)NC(=O)c1ccccc1C. The molecular formula is C17H26N4O2S. The second kappa shape index (κ2) is 9.87. The van der Waals surface area contributed by atoms with Crippen LogP contribution in [0.3, 0.4) is 0 Å². The molecule has 0 spiro atoms. The minimum atomic E-state index is -0.644. The fraction of sp³-hybridized carbons (Fsp3) is 0.471. The summed E-state index contributed by atoms with van der Waals surface area (Å²) in [6.07, 6.45) is 0.527. The zero-order chi connectivity index (χ0) is 18.1. The largest absolute Gasteiger partial charge is 0.362 e. The summed E-state index contributed by atoms with van der Waals surface area (Å²) < 4.78 is 0. The monoisotopic (exact) mass is 350 g/mol. The van der Waals surface area contributed by atoms with Gasteiger partial charge in [0, 0.05) is 12.1 Å². The first kappa shape index (κ1) is 19.9.